The second kappa shape index (κ2) is 5.96. The number of halogens is 2. The van der Waals surface area contributed by atoms with Crippen LogP contribution in [0.5, 0.6) is 0 Å². The van der Waals surface area contributed by atoms with Crippen LogP contribution < -0.4 is 5.32 Å². The van der Waals surface area contributed by atoms with E-state index in [0.717, 1.165) is 35.0 Å². The van der Waals surface area contributed by atoms with Gasteiger partial charge in [-0.25, -0.2) is 4.39 Å². The Bertz CT molecular complexity index is 360. The Labute approximate surface area is 111 Å². The van der Waals surface area contributed by atoms with Crippen LogP contribution >= 0.6 is 15.9 Å². The standard InChI is InChI=1S/C14H19BrFN/c1-10-2-3-11(4-10)8-17-9-12-5-13(15)7-14(16)6-12/h5-7,10-11,17H,2-4,8-9H2,1H3. The van der Waals surface area contributed by atoms with Crippen LogP contribution in [0.1, 0.15) is 31.7 Å². The number of nitrogens with one attached hydrogen (secondary N) is 1. The van der Waals surface area contributed by atoms with Crippen molar-refractivity contribution in [2.24, 2.45) is 11.8 Å². The minimum Gasteiger partial charge on any atom is -0.312 e. The van der Waals surface area contributed by atoms with Crippen LogP contribution in [-0.2, 0) is 6.54 Å². The minimum atomic E-state index is -0.175. The van der Waals surface area contributed by atoms with Gasteiger partial charge in [0.25, 0.3) is 0 Å². The van der Waals surface area contributed by atoms with Gasteiger partial charge in [-0.3, -0.25) is 0 Å². The normalized spacial score (nSPS) is 24.2. The van der Waals surface area contributed by atoms with Gasteiger partial charge < -0.3 is 5.32 Å². The molecule has 1 aromatic rings. The van der Waals surface area contributed by atoms with Crippen molar-refractivity contribution >= 4 is 15.9 Å². The molecule has 0 heterocycles. The molecule has 17 heavy (non-hydrogen) atoms. The Morgan fingerprint density at radius 2 is 2.18 bits per heavy atom. The lowest BCUT2D eigenvalue weighted by Crippen LogP contribution is -2.21. The molecule has 1 saturated carbocycles. The highest BCUT2D eigenvalue weighted by atomic mass is 79.9. The number of hydrogen-bond acceptors (Lipinski definition) is 1. The Hall–Kier alpha value is -0.410. The molecule has 1 N–H and O–H groups in total. The van der Waals surface area contributed by atoms with Crippen molar-refractivity contribution in [3.63, 3.8) is 0 Å². The van der Waals surface area contributed by atoms with E-state index in [4.69, 9.17) is 0 Å². The second-order valence-electron chi connectivity index (χ2n) is 5.19. The van der Waals surface area contributed by atoms with Gasteiger partial charge in [-0.15, -0.1) is 0 Å². The molecule has 2 rings (SSSR count). The highest BCUT2D eigenvalue weighted by Gasteiger charge is 2.20. The summed E-state index contributed by atoms with van der Waals surface area (Å²) in [5.41, 5.74) is 1.00. The van der Waals surface area contributed by atoms with E-state index < -0.39 is 0 Å². The van der Waals surface area contributed by atoms with Crippen LogP contribution in [0.4, 0.5) is 4.39 Å². The maximum absolute atomic E-state index is 13.1. The number of hydrogen-bond donors (Lipinski definition) is 1. The molecule has 0 saturated heterocycles. The van der Waals surface area contributed by atoms with Crippen molar-refractivity contribution < 1.29 is 4.39 Å². The molecule has 1 nitrogen and oxygen atoms in total. The fourth-order valence-electron chi connectivity index (χ4n) is 2.64. The maximum Gasteiger partial charge on any atom is 0.124 e. The first-order valence-electron chi connectivity index (χ1n) is 6.29. The predicted octanol–water partition coefficient (Wildman–Crippen LogP) is 4.11. The first-order valence-corrected chi connectivity index (χ1v) is 7.08. The Balaban J connectivity index is 1.78. The molecule has 1 aliphatic carbocycles. The average Bonchev–Trinajstić information content (AvgIpc) is 2.63. The van der Waals surface area contributed by atoms with Gasteiger partial charge in [-0.1, -0.05) is 29.3 Å². The molecule has 0 aromatic heterocycles. The van der Waals surface area contributed by atoms with E-state index in [2.05, 4.69) is 28.2 Å². The fourth-order valence-corrected chi connectivity index (χ4v) is 3.16. The molecule has 1 aliphatic rings. The summed E-state index contributed by atoms with van der Waals surface area (Å²) in [5.74, 6) is 1.51. The zero-order valence-electron chi connectivity index (χ0n) is 10.2. The van der Waals surface area contributed by atoms with Gasteiger partial charge in [0.05, 0.1) is 0 Å². The highest BCUT2D eigenvalue weighted by Crippen LogP contribution is 2.29. The van der Waals surface area contributed by atoms with E-state index in [1.165, 1.54) is 25.3 Å². The highest BCUT2D eigenvalue weighted by molar-refractivity contribution is 9.10. The summed E-state index contributed by atoms with van der Waals surface area (Å²) in [6.45, 7) is 4.13. The van der Waals surface area contributed by atoms with Gasteiger partial charge in [0, 0.05) is 11.0 Å². The summed E-state index contributed by atoms with van der Waals surface area (Å²) in [6, 6.07) is 5.05. The zero-order valence-corrected chi connectivity index (χ0v) is 11.8. The summed E-state index contributed by atoms with van der Waals surface area (Å²) >= 11 is 3.31. The minimum absolute atomic E-state index is 0.175. The summed E-state index contributed by atoms with van der Waals surface area (Å²) in [4.78, 5) is 0. The lowest BCUT2D eigenvalue weighted by molar-refractivity contribution is 0.470. The van der Waals surface area contributed by atoms with Gasteiger partial charge in [0.1, 0.15) is 5.82 Å². The molecule has 0 radical (unpaired) electrons. The monoisotopic (exact) mass is 299 g/mol. The predicted molar refractivity (Wildman–Crippen MR) is 72.3 cm³/mol. The lowest BCUT2D eigenvalue weighted by atomic mass is 10.1. The van der Waals surface area contributed by atoms with E-state index in [1.807, 2.05) is 6.07 Å². The molecule has 0 bridgehead atoms. The maximum atomic E-state index is 13.1. The van der Waals surface area contributed by atoms with Crippen LogP contribution in [0.3, 0.4) is 0 Å². The van der Waals surface area contributed by atoms with E-state index >= 15 is 0 Å². The van der Waals surface area contributed by atoms with Crippen molar-refractivity contribution in [2.75, 3.05) is 6.54 Å². The van der Waals surface area contributed by atoms with Gasteiger partial charge in [-0.05, 0) is 55.0 Å². The Morgan fingerprint density at radius 3 is 2.82 bits per heavy atom. The number of rotatable bonds is 4. The van der Waals surface area contributed by atoms with Crippen LogP contribution in [0.25, 0.3) is 0 Å². The zero-order chi connectivity index (χ0) is 12.3. The first kappa shape index (κ1) is 13.0. The van der Waals surface area contributed by atoms with E-state index in [9.17, 15) is 4.39 Å². The average molecular weight is 300 g/mol. The third kappa shape index (κ3) is 4.07. The molecular formula is C14H19BrFN. The lowest BCUT2D eigenvalue weighted by Gasteiger charge is -2.11. The molecular weight excluding hydrogens is 281 g/mol. The molecule has 0 amide bonds. The summed E-state index contributed by atoms with van der Waals surface area (Å²) in [7, 11) is 0. The molecule has 2 atom stereocenters. The van der Waals surface area contributed by atoms with Crippen LogP contribution in [0, 0.1) is 17.7 Å². The molecule has 2 unspecified atom stereocenters. The van der Waals surface area contributed by atoms with Gasteiger partial charge in [-0.2, -0.15) is 0 Å². The Kier molecular flexibility index (Phi) is 4.57. The smallest absolute Gasteiger partial charge is 0.124 e. The largest absolute Gasteiger partial charge is 0.312 e. The second-order valence-corrected chi connectivity index (χ2v) is 6.11. The molecule has 1 aromatic carbocycles. The van der Waals surface area contributed by atoms with Crippen LogP contribution in [0.15, 0.2) is 22.7 Å². The Morgan fingerprint density at radius 1 is 1.35 bits per heavy atom. The van der Waals surface area contributed by atoms with Gasteiger partial charge in [0.15, 0.2) is 0 Å². The van der Waals surface area contributed by atoms with E-state index in [0.29, 0.717) is 0 Å². The quantitative estimate of drug-likeness (QED) is 0.882. The van der Waals surface area contributed by atoms with Crippen molar-refractivity contribution in [3.8, 4) is 0 Å². The SMILES string of the molecule is CC1CCC(CNCc2cc(F)cc(Br)c2)C1. The third-order valence-corrected chi connectivity index (χ3v) is 3.95. The van der Waals surface area contributed by atoms with E-state index in [1.54, 1.807) is 6.07 Å². The summed E-state index contributed by atoms with van der Waals surface area (Å²) in [6.07, 6.45) is 4.03. The molecule has 0 aliphatic heterocycles. The summed E-state index contributed by atoms with van der Waals surface area (Å²) in [5, 5.41) is 3.43. The number of benzene rings is 1. The first-order chi connectivity index (χ1) is 8.13. The fraction of sp³-hybridized carbons (Fsp3) is 0.571. The van der Waals surface area contributed by atoms with Crippen molar-refractivity contribution in [1.29, 1.82) is 0 Å². The third-order valence-electron chi connectivity index (χ3n) is 3.49. The molecule has 0 spiro atoms. The van der Waals surface area contributed by atoms with Gasteiger partial charge >= 0.3 is 0 Å². The van der Waals surface area contributed by atoms with Crippen LogP contribution in [-0.4, -0.2) is 6.54 Å². The van der Waals surface area contributed by atoms with Crippen molar-refractivity contribution in [3.05, 3.63) is 34.1 Å². The topological polar surface area (TPSA) is 12.0 Å². The van der Waals surface area contributed by atoms with Crippen molar-refractivity contribution in [2.45, 2.75) is 32.7 Å². The van der Waals surface area contributed by atoms with Gasteiger partial charge in [0.2, 0.25) is 0 Å². The summed E-state index contributed by atoms with van der Waals surface area (Å²) < 4.78 is 14.0. The molecule has 1 fully saturated rings. The van der Waals surface area contributed by atoms with Crippen molar-refractivity contribution in [1.82, 2.24) is 5.32 Å². The molecule has 94 valence electrons. The molecule has 3 heteroatoms. The van der Waals surface area contributed by atoms with E-state index in [-0.39, 0.29) is 5.82 Å². The van der Waals surface area contributed by atoms with Crippen LogP contribution in [0.2, 0.25) is 0 Å².